The van der Waals surface area contributed by atoms with Gasteiger partial charge in [0.15, 0.2) is 5.82 Å². The lowest BCUT2D eigenvalue weighted by Gasteiger charge is -2.37. The average molecular weight is 482 g/mol. The molecule has 2 aromatic heterocycles. The highest BCUT2D eigenvalue weighted by Gasteiger charge is 2.33. The molecule has 1 aromatic carbocycles. The fourth-order valence-corrected chi connectivity index (χ4v) is 4.86. The standard InChI is InChI=1S/C26H39N7O2/c1-18(2)23(24-28-29-30-33(24)26(4,5)6)32(10-9-31-11-13-35-14-12-31)17-21-16-20-15-19(3)7-8-22(20)27-25(21)34/h7-8,15-16,18,23H,9-14,17H2,1-6H3,(H,27,34). The van der Waals surface area contributed by atoms with Gasteiger partial charge in [-0.05, 0) is 67.6 Å². The molecule has 3 aromatic rings. The number of H-pyrrole nitrogens is 1. The Morgan fingerprint density at radius 1 is 1.17 bits per heavy atom. The quantitative estimate of drug-likeness (QED) is 0.528. The van der Waals surface area contributed by atoms with Gasteiger partial charge >= 0.3 is 0 Å². The molecule has 1 fully saturated rings. The molecule has 9 nitrogen and oxygen atoms in total. The van der Waals surface area contributed by atoms with Crippen molar-refractivity contribution in [2.24, 2.45) is 5.92 Å². The van der Waals surface area contributed by atoms with Crippen molar-refractivity contribution >= 4 is 10.9 Å². The van der Waals surface area contributed by atoms with Crippen LogP contribution in [-0.4, -0.2) is 74.4 Å². The van der Waals surface area contributed by atoms with Gasteiger partial charge in [0, 0.05) is 43.8 Å². The van der Waals surface area contributed by atoms with E-state index in [0.717, 1.165) is 61.7 Å². The Balaban J connectivity index is 1.71. The summed E-state index contributed by atoms with van der Waals surface area (Å²) in [7, 11) is 0. The van der Waals surface area contributed by atoms with Crippen molar-refractivity contribution in [2.45, 2.75) is 59.7 Å². The lowest BCUT2D eigenvalue weighted by Crippen LogP contribution is -2.44. The second kappa shape index (κ2) is 10.6. The van der Waals surface area contributed by atoms with E-state index in [1.54, 1.807) is 0 Å². The van der Waals surface area contributed by atoms with Gasteiger partial charge < -0.3 is 9.72 Å². The molecule has 1 aliphatic heterocycles. The minimum absolute atomic E-state index is 0.0436. The van der Waals surface area contributed by atoms with Crippen molar-refractivity contribution in [3.8, 4) is 0 Å². The first-order valence-electron chi connectivity index (χ1n) is 12.6. The van der Waals surface area contributed by atoms with Crippen LogP contribution in [0.15, 0.2) is 29.1 Å². The van der Waals surface area contributed by atoms with Gasteiger partial charge in [0.2, 0.25) is 0 Å². The zero-order valence-electron chi connectivity index (χ0n) is 21.9. The van der Waals surface area contributed by atoms with Crippen LogP contribution in [0.5, 0.6) is 0 Å². The maximum absolute atomic E-state index is 13.1. The number of aryl methyl sites for hydroxylation is 1. The molecule has 4 rings (SSSR count). The summed E-state index contributed by atoms with van der Waals surface area (Å²) >= 11 is 0. The van der Waals surface area contributed by atoms with E-state index < -0.39 is 0 Å². The molecule has 1 unspecified atom stereocenters. The number of aromatic amines is 1. The fraction of sp³-hybridized carbons (Fsp3) is 0.615. The van der Waals surface area contributed by atoms with Gasteiger partial charge in [-0.3, -0.25) is 14.6 Å². The van der Waals surface area contributed by atoms with Gasteiger partial charge in [-0.2, -0.15) is 0 Å². The number of rotatable bonds is 8. The first-order valence-corrected chi connectivity index (χ1v) is 12.6. The van der Waals surface area contributed by atoms with Crippen molar-refractivity contribution < 1.29 is 4.74 Å². The van der Waals surface area contributed by atoms with Crippen LogP contribution < -0.4 is 5.56 Å². The van der Waals surface area contributed by atoms with Gasteiger partial charge in [-0.15, -0.1) is 5.10 Å². The second-order valence-electron chi connectivity index (χ2n) is 10.9. The molecule has 0 aliphatic carbocycles. The number of aromatic nitrogens is 5. The monoisotopic (exact) mass is 481 g/mol. The van der Waals surface area contributed by atoms with Crippen LogP contribution in [0.25, 0.3) is 10.9 Å². The first kappa shape index (κ1) is 25.5. The zero-order chi connectivity index (χ0) is 25.2. The van der Waals surface area contributed by atoms with E-state index in [4.69, 9.17) is 4.74 Å². The number of fused-ring (bicyclic) bond motifs is 1. The highest BCUT2D eigenvalue weighted by atomic mass is 16.5. The maximum Gasteiger partial charge on any atom is 0.252 e. The summed E-state index contributed by atoms with van der Waals surface area (Å²) in [5.74, 6) is 1.08. The number of morpholine rings is 1. The van der Waals surface area contributed by atoms with Crippen molar-refractivity contribution in [2.75, 3.05) is 39.4 Å². The minimum atomic E-state index is -0.250. The number of tetrazole rings is 1. The summed E-state index contributed by atoms with van der Waals surface area (Å²) < 4.78 is 7.46. The smallest absolute Gasteiger partial charge is 0.252 e. The summed E-state index contributed by atoms with van der Waals surface area (Å²) in [6.45, 7) is 18.4. The predicted molar refractivity (Wildman–Crippen MR) is 137 cm³/mol. The average Bonchev–Trinajstić information content (AvgIpc) is 3.28. The molecule has 0 radical (unpaired) electrons. The van der Waals surface area contributed by atoms with E-state index in [1.165, 1.54) is 5.56 Å². The van der Waals surface area contributed by atoms with E-state index in [1.807, 2.05) is 22.9 Å². The Morgan fingerprint density at radius 3 is 2.60 bits per heavy atom. The number of nitrogens with zero attached hydrogens (tertiary/aromatic N) is 6. The van der Waals surface area contributed by atoms with Crippen LogP contribution in [-0.2, 0) is 16.8 Å². The zero-order valence-corrected chi connectivity index (χ0v) is 21.9. The molecule has 35 heavy (non-hydrogen) atoms. The SMILES string of the molecule is Cc1ccc2[nH]c(=O)c(CN(CCN3CCOCC3)C(c3nnnn3C(C)(C)C)C(C)C)cc2c1. The van der Waals surface area contributed by atoms with Crippen molar-refractivity contribution in [3.63, 3.8) is 0 Å². The molecule has 0 saturated carbocycles. The highest BCUT2D eigenvalue weighted by Crippen LogP contribution is 2.31. The molecular formula is C26H39N7O2. The number of ether oxygens (including phenoxy) is 1. The predicted octanol–water partition coefficient (Wildman–Crippen LogP) is 3.11. The van der Waals surface area contributed by atoms with Crippen LogP contribution in [0.2, 0.25) is 0 Å². The Bertz CT molecular complexity index is 1190. The van der Waals surface area contributed by atoms with Gasteiger partial charge in [-0.25, -0.2) is 4.68 Å². The third-order valence-corrected chi connectivity index (χ3v) is 6.68. The number of hydrogen-bond acceptors (Lipinski definition) is 7. The van der Waals surface area contributed by atoms with Crippen LogP contribution in [0.1, 0.15) is 57.6 Å². The molecule has 0 amide bonds. The fourth-order valence-electron chi connectivity index (χ4n) is 4.86. The number of benzene rings is 1. The summed E-state index contributed by atoms with van der Waals surface area (Å²) in [4.78, 5) is 21.0. The Labute approximate surface area is 207 Å². The Hall–Kier alpha value is -2.62. The summed E-state index contributed by atoms with van der Waals surface area (Å²) in [6.07, 6.45) is 0. The Kier molecular flexibility index (Phi) is 7.68. The summed E-state index contributed by atoms with van der Waals surface area (Å²) in [6, 6.07) is 8.10. The van der Waals surface area contributed by atoms with Crippen LogP contribution in [0, 0.1) is 12.8 Å². The molecule has 0 spiro atoms. The molecule has 190 valence electrons. The minimum Gasteiger partial charge on any atom is -0.379 e. The molecular weight excluding hydrogens is 442 g/mol. The molecule has 1 atom stereocenters. The van der Waals surface area contributed by atoms with E-state index in [0.29, 0.717) is 6.54 Å². The maximum atomic E-state index is 13.1. The van der Waals surface area contributed by atoms with E-state index >= 15 is 0 Å². The third-order valence-electron chi connectivity index (χ3n) is 6.68. The van der Waals surface area contributed by atoms with Crippen LogP contribution in [0.4, 0.5) is 0 Å². The highest BCUT2D eigenvalue weighted by molar-refractivity contribution is 5.79. The van der Waals surface area contributed by atoms with Gasteiger partial charge in [-0.1, -0.05) is 25.5 Å². The van der Waals surface area contributed by atoms with E-state index in [2.05, 4.69) is 77.9 Å². The topological polar surface area (TPSA) is 92.2 Å². The molecule has 3 heterocycles. The summed E-state index contributed by atoms with van der Waals surface area (Å²) in [5, 5.41) is 13.9. The van der Waals surface area contributed by atoms with E-state index in [-0.39, 0.29) is 23.1 Å². The lowest BCUT2D eigenvalue weighted by atomic mass is 9.99. The van der Waals surface area contributed by atoms with Crippen LogP contribution in [0.3, 0.4) is 0 Å². The molecule has 9 heteroatoms. The number of pyridine rings is 1. The van der Waals surface area contributed by atoms with Gasteiger partial charge in [0.05, 0.1) is 24.8 Å². The normalized spacial score (nSPS) is 16.5. The van der Waals surface area contributed by atoms with Crippen molar-refractivity contribution in [3.05, 3.63) is 51.6 Å². The number of nitrogens with one attached hydrogen (secondary N) is 1. The number of hydrogen-bond donors (Lipinski definition) is 1. The van der Waals surface area contributed by atoms with Crippen molar-refractivity contribution in [1.82, 2.24) is 35.0 Å². The second-order valence-corrected chi connectivity index (χ2v) is 10.9. The molecule has 1 N–H and O–H groups in total. The van der Waals surface area contributed by atoms with E-state index in [9.17, 15) is 4.79 Å². The van der Waals surface area contributed by atoms with Gasteiger partial charge in [0.25, 0.3) is 5.56 Å². The third kappa shape index (κ3) is 5.97. The first-order chi connectivity index (χ1) is 16.6. The summed E-state index contributed by atoms with van der Waals surface area (Å²) in [5.41, 5.74) is 2.49. The Morgan fingerprint density at radius 2 is 1.91 bits per heavy atom. The molecule has 1 saturated heterocycles. The van der Waals surface area contributed by atoms with Gasteiger partial charge in [0.1, 0.15) is 0 Å². The largest absolute Gasteiger partial charge is 0.379 e. The molecule has 0 bridgehead atoms. The van der Waals surface area contributed by atoms with Crippen LogP contribution >= 0.6 is 0 Å². The van der Waals surface area contributed by atoms with Crippen molar-refractivity contribution in [1.29, 1.82) is 0 Å². The molecule has 1 aliphatic rings. The lowest BCUT2D eigenvalue weighted by molar-refractivity contribution is 0.0265.